The van der Waals surface area contributed by atoms with E-state index in [0.29, 0.717) is 33.0 Å². The van der Waals surface area contributed by atoms with Gasteiger partial charge in [0.2, 0.25) is 0 Å². The molecule has 6 rings (SSSR count). The summed E-state index contributed by atoms with van der Waals surface area (Å²) in [5.74, 6) is -0.740. The van der Waals surface area contributed by atoms with Crippen molar-refractivity contribution in [1.29, 1.82) is 5.26 Å². The Kier molecular flexibility index (Phi) is 6.71. The van der Waals surface area contributed by atoms with Gasteiger partial charge < -0.3 is 16.0 Å². The van der Waals surface area contributed by atoms with E-state index in [2.05, 4.69) is 54.5 Å². The Morgan fingerprint density at radius 2 is 1.95 bits per heavy atom. The highest BCUT2D eigenvalue weighted by atomic mass is 35.5. The molecule has 3 heterocycles. The minimum absolute atomic E-state index is 0.0516. The molecular formula is C27H18Cl3FN8. The smallest absolute Gasteiger partial charge is 0.166 e. The molecule has 8 nitrogen and oxygen atoms in total. The van der Waals surface area contributed by atoms with Gasteiger partial charge in [-0.1, -0.05) is 58.2 Å². The van der Waals surface area contributed by atoms with Crippen LogP contribution in [0, 0.1) is 17.1 Å². The van der Waals surface area contributed by atoms with E-state index in [1.54, 1.807) is 18.3 Å². The number of nitrogens with zero attached hydrogens (tertiary/aromatic N) is 4. The van der Waals surface area contributed by atoms with Crippen molar-refractivity contribution < 1.29 is 4.39 Å². The van der Waals surface area contributed by atoms with Crippen LogP contribution < -0.4 is 16.0 Å². The van der Waals surface area contributed by atoms with E-state index in [9.17, 15) is 9.65 Å². The van der Waals surface area contributed by atoms with Crippen LogP contribution in [0.15, 0.2) is 54.9 Å². The highest BCUT2D eigenvalue weighted by Gasteiger charge is 2.25. The summed E-state index contributed by atoms with van der Waals surface area (Å²) in [6.45, 7) is 1.53. The van der Waals surface area contributed by atoms with Crippen LogP contribution in [0.25, 0.3) is 10.9 Å². The van der Waals surface area contributed by atoms with Crippen LogP contribution in [-0.2, 0) is 13.1 Å². The highest BCUT2D eigenvalue weighted by Crippen LogP contribution is 2.39. The molecule has 1 aliphatic rings. The van der Waals surface area contributed by atoms with E-state index >= 15 is 0 Å². The van der Waals surface area contributed by atoms with Gasteiger partial charge >= 0.3 is 0 Å². The topological polar surface area (TPSA) is 114 Å². The molecule has 12 heteroatoms. The van der Waals surface area contributed by atoms with Gasteiger partial charge in [0.25, 0.3) is 0 Å². The number of hydrogen-bond acceptors (Lipinski definition) is 7. The Labute approximate surface area is 237 Å². The van der Waals surface area contributed by atoms with Gasteiger partial charge in [-0.15, -0.1) is 5.10 Å². The fourth-order valence-electron chi connectivity index (χ4n) is 4.78. The lowest BCUT2D eigenvalue weighted by molar-refractivity contribution is 0.632. The number of hydrogen-bond donors (Lipinski definition) is 4. The van der Waals surface area contributed by atoms with Gasteiger partial charge in [-0.2, -0.15) is 5.26 Å². The van der Waals surface area contributed by atoms with Crippen LogP contribution in [0.1, 0.15) is 34.0 Å². The average molecular weight is 580 g/mol. The van der Waals surface area contributed by atoms with Gasteiger partial charge in [0.1, 0.15) is 11.8 Å². The Bertz CT molecular complexity index is 1770. The number of nitrogens with one attached hydrogen (secondary N) is 4. The molecule has 0 radical (unpaired) electrons. The minimum atomic E-state index is -0.740. The van der Waals surface area contributed by atoms with Gasteiger partial charge in [-0.25, -0.2) is 4.39 Å². The number of halogens is 4. The quantitative estimate of drug-likeness (QED) is 0.162. The number of aromatic amines is 1. The molecule has 0 unspecified atom stereocenters. The number of anilines is 3. The predicted octanol–water partition coefficient (Wildman–Crippen LogP) is 6.87. The van der Waals surface area contributed by atoms with Crippen molar-refractivity contribution in [2.24, 2.45) is 0 Å². The number of H-pyrrole nitrogens is 1. The number of benzene rings is 3. The molecule has 3 aromatic carbocycles. The van der Waals surface area contributed by atoms with Crippen LogP contribution in [0.4, 0.5) is 21.5 Å². The number of pyridine rings is 1. The minimum Gasteiger partial charge on any atom is -0.373 e. The third-order valence-corrected chi connectivity index (χ3v) is 7.69. The molecule has 39 heavy (non-hydrogen) atoms. The first-order valence-electron chi connectivity index (χ1n) is 11.8. The van der Waals surface area contributed by atoms with Crippen LogP contribution in [0.5, 0.6) is 0 Å². The molecule has 194 valence electrons. The lowest BCUT2D eigenvalue weighted by Crippen LogP contribution is -2.15. The fourth-order valence-corrected chi connectivity index (χ4v) is 5.36. The Balaban J connectivity index is 1.48. The molecule has 0 amide bonds. The number of rotatable bonds is 6. The lowest BCUT2D eigenvalue weighted by atomic mass is 9.95. The second-order valence-corrected chi connectivity index (χ2v) is 10.1. The second-order valence-electron chi connectivity index (χ2n) is 8.92. The van der Waals surface area contributed by atoms with E-state index in [1.165, 1.54) is 29.5 Å². The molecule has 2 aromatic heterocycles. The summed E-state index contributed by atoms with van der Waals surface area (Å²) in [6, 6.07) is 14.4. The van der Waals surface area contributed by atoms with Crippen LogP contribution in [-0.4, -0.2) is 20.4 Å². The SMILES string of the molecule is N#Cc1cnc2c(Cl)cc(N[C@H](c3c[nH]nn3)c3cccc4c3CNC4)cc2c1Nc1ccc(Cl)c(Cl)c1F. The highest BCUT2D eigenvalue weighted by molar-refractivity contribution is 6.42. The largest absolute Gasteiger partial charge is 0.373 e. The maximum absolute atomic E-state index is 14.9. The van der Waals surface area contributed by atoms with Crippen molar-refractivity contribution in [2.75, 3.05) is 10.6 Å². The summed E-state index contributed by atoms with van der Waals surface area (Å²) in [5.41, 5.74) is 5.79. The van der Waals surface area contributed by atoms with E-state index in [0.717, 1.165) is 18.7 Å². The van der Waals surface area contributed by atoms with Gasteiger partial charge in [0.15, 0.2) is 5.82 Å². The average Bonchev–Trinajstić information content (AvgIpc) is 3.65. The molecule has 4 N–H and O–H groups in total. The summed E-state index contributed by atoms with van der Waals surface area (Å²) in [7, 11) is 0. The molecule has 0 spiro atoms. The van der Waals surface area contributed by atoms with Crippen LogP contribution in [0.3, 0.4) is 0 Å². The fraction of sp³-hybridized carbons (Fsp3) is 0.111. The van der Waals surface area contributed by atoms with Gasteiger partial charge in [0.05, 0.1) is 43.6 Å². The molecule has 0 saturated heterocycles. The van der Waals surface area contributed by atoms with Crippen LogP contribution in [0.2, 0.25) is 15.1 Å². The monoisotopic (exact) mass is 578 g/mol. The Morgan fingerprint density at radius 1 is 1.08 bits per heavy atom. The molecule has 0 aliphatic carbocycles. The molecular weight excluding hydrogens is 562 g/mol. The standard InChI is InChI=1S/C27H18Cl3FN8/c28-19-4-5-21(24(31)23(19)30)37-25-14(8-32)10-34-26-17(25)6-15(7-20(26)29)36-27(22-12-35-39-38-22)16-3-1-2-13-9-33-11-18(13)16/h1-7,10,12,27,33,36H,9,11H2,(H,34,37)(H,35,38,39)/t27-/m0/s1. The molecule has 5 aromatic rings. The summed E-state index contributed by atoms with van der Waals surface area (Å²) in [6.07, 6.45) is 3.12. The summed E-state index contributed by atoms with van der Waals surface area (Å²) >= 11 is 18.7. The van der Waals surface area contributed by atoms with E-state index in [-0.39, 0.29) is 27.3 Å². The maximum Gasteiger partial charge on any atom is 0.166 e. The van der Waals surface area contributed by atoms with Gasteiger partial charge in [-0.05, 0) is 41.0 Å². The predicted molar refractivity (Wildman–Crippen MR) is 150 cm³/mol. The van der Waals surface area contributed by atoms with Crippen molar-refractivity contribution in [2.45, 2.75) is 19.1 Å². The van der Waals surface area contributed by atoms with Crippen LogP contribution >= 0.6 is 34.8 Å². The van der Waals surface area contributed by atoms with Gasteiger partial charge in [-0.3, -0.25) is 10.1 Å². The van der Waals surface area contributed by atoms with Crippen molar-refractivity contribution in [3.63, 3.8) is 0 Å². The molecule has 0 fully saturated rings. The first kappa shape index (κ1) is 25.3. The summed E-state index contributed by atoms with van der Waals surface area (Å²) < 4.78 is 14.9. The van der Waals surface area contributed by atoms with Crippen molar-refractivity contribution in [3.8, 4) is 6.07 Å². The zero-order chi connectivity index (χ0) is 27.1. The number of nitriles is 1. The van der Waals surface area contributed by atoms with Crippen molar-refractivity contribution >= 4 is 62.8 Å². The lowest BCUT2D eigenvalue weighted by Gasteiger charge is -2.22. The van der Waals surface area contributed by atoms with E-state index in [1.807, 2.05) is 6.07 Å². The molecule has 1 aliphatic heterocycles. The first-order chi connectivity index (χ1) is 18.9. The summed E-state index contributed by atoms with van der Waals surface area (Å²) in [5, 5.41) is 31.4. The first-order valence-corrected chi connectivity index (χ1v) is 12.9. The van der Waals surface area contributed by atoms with E-state index < -0.39 is 5.82 Å². The zero-order valence-corrected chi connectivity index (χ0v) is 22.3. The molecule has 0 saturated carbocycles. The second kappa shape index (κ2) is 10.3. The third-order valence-electron chi connectivity index (χ3n) is 6.62. The van der Waals surface area contributed by atoms with E-state index in [4.69, 9.17) is 34.8 Å². The Hall–Kier alpha value is -3.94. The number of aromatic nitrogens is 4. The van der Waals surface area contributed by atoms with Crippen molar-refractivity contribution in [1.82, 2.24) is 25.7 Å². The van der Waals surface area contributed by atoms with Gasteiger partial charge in [0, 0.05) is 36.6 Å². The number of fused-ring (bicyclic) bond motifs is 2. The normalized spacial score (nSPS) is 13.2. The summed E-state index contributed by atoms with van der Waals surface area (Å²) in [4.78, 5) is 4.38. The maximum atomic E-state index is 14.9. The van der Waals surface area contributed by atoms with Crippen molar-refractivity contribution in [3.05, 3.63) is 104 Å². The third kappa shape index (κ3) is 4.62. The molecule has 0 bridgehead atoms. The zero-order valence-electron chi connectivity index (χ0n) is 20.0. The molecule has 1 atom stereocenters. The Morgan fingerprint density at radius 3 is 2.74 bits per heavy atom.